The number of rotatable bonds is 4. The summed E-state index contributed by atoms with van der Waals surface area (Å²) in [5, 5.41) is 11.3. The Morgan fingerprint density at radius 3 is 2.59 bits per heavy atom. The number of hydrogen-bond acceptors (Lipinski definition) is 5. The van der Waals surface area contributed by atoms with E-state index in [9.17, 15) is 14.9 Å². The van der Waals surface area contributed by atoms with Gasteiger partial charge in [0.1, 0.15) is 6.10 Å². The Balaban J connectivity index is 1.76. The molecule has 0 N–H and O–H groups in total. The van der Waals surface area contributed by atoms with Crippen LogP contribution in [0.15, 0.2) is 29.3 Å². The van der Waals surface area contributed by atoms with Crippen LogP contribution in [-0.4, -0.2) is 35.3 Å². The second-order valence-electron chi connectivity index (χ2n) is 9.05. The van der Waals surface area contributed by atoms with Crippen molar-refractivity contribution in [1.29, 1.82) is 0 Å². The van der Waals surface area contributed by atoms with E-state index < -0.39 is 17.9 Å². The monoisotopic (exact) mass is 370 g/mol. The van der Waals surface area contributed by atoms with E-state index in [0.29, 0.717) is 0 Å². The summed E-state index contributed by atoms with van der Waals surface area (Å²) in [4.78, 5) is 28.7. The fourth-order valence-electron chi connectivity index (χ4n) is 5.40. The predicted octanol–water partition coefficient (Wildman–Crippen LogP) is 3.55. The number of nitrogens with zero attached hydrogens (tertiary/aromatic N) is 2. The Bertz CT molecular complexity index is 829. The molecule has 2 fully saturated rings. The maximum atomic E-state index is 12.8. The SMILES string of the molecule is Cc1ccc([C@@H](C[N+](=O)[O-])[C@@H]2N=C3[C@H](OC2=O)[C@H]2CC[C@]3(C)C2(C)C)cc1. The smallest absolute Gasteiger partial charge is 0.332 e. The fourth-order valence-corrected chi connectivity index (χ4v) is 5.40. The Morgan fingerprint density at radius 1 is 1.30 bits per heavy atom. The second kappa shape index (κ2) is 5.88. The highest BCUT2D eigenvalue weighted by atomic mass is 16.6. The average molecular weight is 370 g/mol. The summed E-state index contributed by atoms with van der Waals surface area (Å²) < 4.78 is 5.87. The number of nitro groups is 1. The van der Waals surface area contributed by atoms with E-state index >= 15 is 0 Å². The molecule has 2 aliphatic carbocycles. The van der Waals surface area contributed by atoms with Crippen LogP contribution in [0.3, 0.4) is 0 Å². The molecule has 2 bridgehead atoms. The van der Waals surface area contributed by atoms with Gasteiger partial charge < -0.3 is 4.74 Å². The molecule has 1 aromatic rings. The molecule has 0 amide bonds. The van der Waals surface area contributed by atoms with Gasteiger partial charge in [0.15, 0.2) is 6.04 Å². The molecule has 0 spiro atoms. The van der Waals surface area contributed by atoms with Gasteiger partial charge in [-0.1, -0.05) is 50.6 Å². The summed E-state index contributed by atoms with van der Waals surface area (Å²) in [5.41, 5.74) is 2.66. The summed E-state index contributed by atoms with van der Waals surface area (Å²) in [6.45, 7) is 8.28. The highest BCUT2D eigenvalue weighted by molar-refractivity contribution is 6.03. The normalized spacial score (nSPS) is 34.6. The molecule has 6 nitrogen and oxygen atoms in total. The fraction of sp³-hybridized carbons (Fsp3) is 0.619. The Kier molecular flexibility index (Phi) is 3.95. The molecule has 0 unspecified atom stereocenters. The molecule has 1 aliphatic heterocycles. The van der Waals surface area contributed by atoms with Crippen LogP contribution in [0, 0.1) is 33.8 Å². The first-order valence-electron chi connectivity index (χ1n) is 9.62. The standard InChI is InChI=1S/C21H26N2O4/c1-12-5-7-13(8-6-12)14(11-23(25)26)16-19(24)27-17-15-9-10-21(4,18(17)22-16)20(15,2)3/h5-8,14-17H,9-11H2,1-4H3/t14-,15-,16+,17-,21+/m1/s1. The van der Waals surface area contributed by atoms with Crippen LogP contribution in [0.1, 0.15) is 50.7 Å². The Hall–Kier alpha value is -2.24. The summed E-state index contributed by atoms with van der Waals surface area (Å²) in [7, 11) is 0. The predicted molar refractivity (Wildman–Crippen MR) is 101 cm³/mol. The van der Waals surface area contributed by atoms with E-state index in [4.69, 9.17) is 9.73 Å². The van der Waals surface area contributed by atoms with E-state index in [0.717, 1.165) is 29.7 Å². The lowest BCUT2D eigenvalue weighted by Crippen LogP contribution is -2.47. The molecule has 6 heteroatoms. The molecule has 2 saturated carbocycles. The molecule has 0 saturated heterocycles. The third-order valence-corrected chi connectivity index (χ3v) is 7.50. The van der Waals surface area contributed by atoms with Gasteiger partial charge in [-0.05, 0) is 30.7 Å². The third-order valence-electron chi connectivity index (χ3n) is 7.50. The molecule has 0 radical (unpaired) electrons. The van der Waals surface area contributed by atoms with E-state index in [-0.39, 0.29) is 34.3 Å². The Labute approximate surface area is 159 Å². The number of aryl methyl sites for hydroxylation is 1. The molecule has 4 rings (SSSR count). The average Bonchev–Trinajstić information content (AvgIpc) is 2.92. The van der Waals surface area contributed by atoms with Gasteiger partial charge in [0.2, 0.25) is 6.54 Å². The first-order chi connectivity index (χ1) is 12.6. The lowest BCUT2D eigenvalue weighted by atomic mass is 9.70. The summed E-state index contributed by atoms with van der Waals surface area (Å²) in [5.74, 6) is -0.769. The van der Waals surface area contributed by atoms with Gasteiger partial charge in [-0.15, -0.1) is 0 Å². The zero-order chi connectivity index (χ0) is 19.6. The molecular formula is C21H26N2O4. The summed E-state index contributed by atoms with van der Waals surface area (Å²) in [6, 6.07) is 6.68. The van der Waals surface area contributed by atoms with Crippen molar-refractivity contribution < 1.29 is 14.5 Å². The van der Waals surface area contributed by atoms with Gasteiger partial charge in [-0.2, -0.15) is 0 Å². The van der Waals surface area contributed by atoms with Gasteiger partial charge in [0, 0.05) is 16.3 Å². The van der Waals surface area contributed by atoms with Crippen molar-refractivity contribution in [3.63, 3.8) is 0 Å². The second-order valence-corrected chi connectivity index (χ2v) is 9.05. The van der Waals surface area contributed by atoms with Crippen LogP contribution < -0.4 is 0 Å². The van der Waals surface area contributed by atoms with Crippen LogP contribution in [0.4, 0.5) is 0 Å². The van der Waals surface area contributed by atoms with E-state index in [1.165, 1.54) is 0 Å². The van der Waals surface area contributed by atoms with Crippen LogP contribution >= 0.6 is 0 Å². The molecular weight excluding hydrogens is 344 g/mol. The molecule has 3 aliphatic rings. The highest BCUT2D eigenvalue weighted by Gasteiger charge is 2.67. The summed E-state index contributed by atoms with van der Waals surface area (Å²) in [6.07, 6.45) is 1.78. The van der Waals surface area contributed by atoms with E-state index in [2.05, 4.69) is 20.8 Å². The van der Waals surface area contributed by atoms with Crippen molar-refractivity contribution in [2.75, 3.05) is 6.54 Å². The first kappa shape index (κ1) is 18.1. The van der Waals surface area contributed by atoms with Crippen LogP contribution in [0.5, 0.6) is 0 Å². The van der Waals surface area contributed by atoms with Crippen molar-refractivity contribution in [2.24, 2.45) is 21.7 Å². The number of esters is 1. The number of hydrogen-bond donors (Lipinski definition) is 0. The van der Waals surface area contributed by atoms with Crippen molar-refractivity contribution in [2.45, 2.75) is 58.6 Å². The third kappa shape index (κ3) is 2.52. The quantitative estimate of drug-likeness (QED) is 0.461. The molecule has 1 heterocycles. The van der Waals surface area contributed by atoms with Gasteiger partial charge >= 0.3 is 5.97 Å². The molecule has 5 atom stereocenters. The first-order valence-corrected chi connectivity index (χ1v) is 9.62. The van der Waals surface area contributed by atoms with Crippen molar-refractivity contribution in [3.05, 3.63) is 45.5 Å². The van der Waals surface area contributed by atoms with Gasteiger partial charge in [-0.25, -0.2) is 4.79 Å². The molecule has 144 valence electrons. The van der Waals surface area contributed by atoms with Gasteiger partial charge in [0.05, 0.1) is 11.6 Å². The maximum Gasteiger partial charge on any atom is 0.332 e. The minimum atomic E-state index is -0.851. The number of ether oxygens (including phenoxy) is 1. The van der Waals surface area contributed by atoms with Crippen molar-refractivity contribution in [1.82, 2.24) is 0 Å². The van der Waals surface area contributed by atoms with Gasteiger partial charge in [0.25, 0.3) is 0 Å². The van der Waals surface area contributed by atoms with Crippen LogP contribution in [0.25, 0.3) is 0 Å². The van der Waals surface area contributed by atoms with E-state index in [1.807, 2.05) is 31.2 Å². The number of aliphatic imine (C=N–C) groups is 1. The molecule has 1 aromatic carbocycles. The van der Waals surface area contributed by atoms with Crippen LogP contribution in [-0.2, 0) is 9.53 Å². The van der Waals surface area contributed by atoms with E-state index in [1.54, 1.807) is 0 Å². The molecule has 0 aromatic heterocycles. The maximum absolute atomic E-state index is 12.8. The lowest BCUT2D eigenvalue weighted by molar-refractivity contribution is -0.483. The minimum absolute atomic E-state index is 0.00806. The largest absolute Gasteiger partial charge is 0.454 e. The topological polar surface area (TPSA) is 81.8 Å². The number of benzene rings is 1. The van der Waals surface area contributed by atoms with Gasteiger partial charge in [-0.3, -0.25) is 15.1 Å². The highest BCUT2D eigenvalue weighted by Crippen LogP contribution is 2.65. The van der Waals surface area contributed by atoms with Crippen molar-refractivity contribution in [3.8, 4) is 0 Å². The summed E-state index contributed by atoms with van der Waals surface area (Å²) >= 11 is 0. The van der Waals surface area contributed by atoms with Crippen LogP contribution in [0.2, 0.25) is 0 Å². The lowest BCUT2D eigenvalue weighted by Gasteiger charge is -2.37. The number of fused-ring (bicyclic) bond motifs is 5. The van der Waals surface area contributed by atoms with Crippen molar-refractivity contribution >= 4 is 11.7 Å². The molecule has 27 heavy (non-hydrogen) atoms. The minimum Gasteiger partial charge on any atom is -0.454 e. The number of carbonyl (C=O) groups is 1. The zero-order valence-corrected chi connectivity index (χ0v) is 16.3. The zero-order valence-electron chi connectivity index (χ0n) is 16.3. The Morgan fingerprint density at radius 2 is 1.96 bits per heavy atom. The number of carbonyl (C=O) groups excluding carboxylic acids is 1.